The molecule has 0 bridgehead atoms. The maximum absolute atomic E-state index is 14.3. The summed E-state index contributed by atoms with van der Waals surface area (Å²) in [5.41, 5.74) is 5.53. The van der Waals surface area contributed by atoms with Gasteiger partial charge in [-0.3, -0.25) is 0 Å². The molecule has 0 spiro atoms. The van der Waals surface area contributed by atoms with Crippen molar-refractivity contribution < 1.29 is 12.8 Å². The van der Waals surface area contributed by atoms with Crippen LogP contribution in [-0.2, 0) is 16.6 Å². The van der Waals surface area contributed by atoms with Gasteiger partial charge in [-0.05, 0) is 18.1 Å². The van der Waals surface area contributed by atoms with Gasteiger partial charge >= 0.3 is 0 Å². The van der Waals surface area contributed by atoms with Crippen LogP contribution in [0, 0.1) is 11.7 Å². The average Bonchev–Trinajstić information content (AvgIpc) is 2.45. The molecule has 7 heteroatoms. The Morgan fingerprint density at radius 2 is 2.00 bits per heavy atom. The van der Waals surface area contributed by atoms with Gasteiger partial charge in [0.1, 0.15) is 10.7 Å². The van der Waals surface area contributed by atoms with Crippen molar-refractivity contribution in [1.82, 2.24) is 4.31 Å². The summed E-state index contributed by atoms with van der Waals surface area (Å²) in [5, 5.41) is 0.162. The molecule has 120 valence electrons. The molecule has 1 aromatic rings. The van der Waals surface area contributed by atoms with Crippen molar-refractivity contribution in [2.24, 2.45) is 11.7 Å². The molecular weight excluding hydrogens is 315 g/mol. The van der Waals surface area contributed by atoms with Crippen LogP contribution in [0.3, 0.4) is 0 Å². The first-order valence-corrected chi connectivity index (χ1v) is 8.77. The van der Waals surface area contributed by atoms with E-state index in [1.54, 1.807) is 6.92 Å². The van der Waals surface area contributed by atoms with Crippen molar-refractivity contribution in [3.8, 4) is 0 Å². The minimum absolute atomic E-state index is 0.0978. The second-order valence-electron chi connectivity index (χ2n) is 5.05. The summed E-state index contributed by atoms with van der Waals surface area (Å²) in [6, 6.07) is 2.49. The van der Waals surface area contributed by atoms with Gasteiger partial charge in [0.05, 0.1) is 0 Å². The van der Waals surface area contributed by atoms with E-state index in [9.17, 15) is 12.8 Å². The van der Waals surface area contributed by atoms with Gasteiger partial charge in [0.15, 0.2) is 0 Å². The number of benzene rings is 1. The van der Waals surface area contributed by atoms with Crippen molar-refractivity contribution in [3.05, 3.63) is 28.5 Å². The first-order chi connectivity index (χ1) is 9.77. The summed E-state index contributed by atoms with van der Waals surface area (Å²) in [6.07, 6.45) is 0.845. The summed E-state index contributed by atoms with van der Waals surface area (Å²) >= 11 is 5.88. The lowest BCUT2D eigenvalue weighted by atomic mass is 10.1. The van der Waals surface area contributed by atoms with E-state index in [1.807, 2.05) is 13.8 Å². The van der Waals surface area contributed by atoms with Gasteiger partial charge in [-0.25, -0.2) is 12.8 Å². The lowest BCUT2D eigenvalue weighted by Crippen LogP contribution is -2.35. The fourth-order valence-electron chi connectivity index (χ4n) is 1.97. The van der Waals surface area contributed by atoms with E-state index >= 15 is 0 Å². The summed E-state index contributed by atoms with van der Waals surface area (Å²) in [4.78, 5) is -0.402. The maximum Gasteiger partial charge on any atom is 0.246 e. The zero-order valence-corrected chi connectivity index (χ0v) is 14.1. The smallest absolute Gasteiger partial charge is 0.246 e. The number of hydrogen-bond acceptors (Lipinski definition) is 3. The third kappa shape index (κ3) is 4.16. The normalized spacial score (nSPS) is 13.7. The predicted molar refractivity (Wildman–Crippen MR) is 83.2 cm³/mol. The van der Waals surface area contributed by atoms with Gasteiger partial charge in [0.25, 0.3) is 0 Å². The highest BCUT2D eigenvalue weighted by Crippen LogP contribution is 2.26. The van der Waals surface area contributed by atoms with E-state index in [-0.39, 0.29) is 29.6 Å². The van der Waals surface area contributed by atoms with E-state index in [0.717, 1.165) is 12.5 Å². The lowest BCUT2D eigenvalue weighted by Gasteiger charge is -2.24. The van der Waals surface area contributed by atoms with E-state index < -0.39 is 20.7 Å². The van der Waals surface area contributed by atoms with Crippen LogP contribution in [0.15, 0.2) is 17.0 Å². The molecule has 0 amide bonds. The fraction of sp³-hybridized carbons (Fsp3) is 0.571. The molecule has 0 aliphatic carbocycles. The molecule has 1 aromatic carbocycles. The standard InChI is InChI=1S/C14H22ClFN2O2S/c1-4-10(3)9-18(5-2)21(19,20)13-7-12(15)6-11(8-17)14(13)16/h6-7,10H,4-5,8-9,17H2,1-3H3. The largest absolute Gasteiger partial charge is 0.326 e. The zero-order chi connectivity index (χ0) is 16.2. The van der Waals surface area contributed by atoms with E-state index in [0.29, 0.717) is 6.54 Å². The Kier molecular flexibility index (Phi) is 6.59. The van der Waals surface area contributed by atoms with Crippen molar-refractivity contribution in [1.29, 1.82) is 0 Å². The minimum Gasteiger partial charge on any atom is -0.326 e. The molecule has 21 heavy (non-hydrogen) atoms. The highest BCUT2D eigenvalue weighted by molar-refractivity contribution is 7.89. The predicted octanol–water partition coefficient (Wildman–Crippen LogP) is 2.99. The van der Waals surface area contributed by atoms with E-state index in [4.69, 9.17) is 17.3 Å². The summed E-state index contributed by atoms with van der Waals surface area (Å²) in [5.74, 6) is -0.625. The Morgan fingerprint density at radius 1 is 1.38 bits per heavy atom. The molecule has 1 atom stereocenters. The Morgan fingerprint density at radius 3 is 2.48 bits per heavy atom. The second kappa shape index (κ2) is 7.54. The first kappa shape index (κ1) is 18.4. The molecule has 0 heterocycles. The summed E-state index contributed by atoms with van der Waals surface area (Å²) in [7, 11) is -3.92. The monoisotopic (exact) mass is 336 g/mol. The van der Waals surface area contributed by atoms with E-state index in [2.05, 4.69) is 0 Å². The Balaban J connectivity index is 3.32. The number of rotatable bonds is 7. The molecule has 0 fully saturated rings. The molecule has 2 N–H and O–H groups in total. The fourth-order valence-corrected chi connectivity index (χ4v) is 3.98. The van der Waals surface area contributed by atoms with Gasteiger partial charge in [0, 0.05) is 30.2 Å². The van der Waals surface area contributed by atoms with Crippen molar-refractivity contribution >= 4 is 21.6 Å². The number of nitrogens with zero attached hydrogens (tertiary/aromatic N) is 1. The Labute approximate surface area is 131 Å². The lowest BCUT2D eigenvalue weighted by molar-refractivity contribution is 0.359. The van der Waals surface area contributed by atoms with Gasteiger partial charge < -0.3 is 5.73 Å². The zero-order valence-electron chi connectivity index (χ0n) is 12.6. The van der Waals surface area contributed by atoms with Crippen molar-refractivity contribution in [3.63, 3.8) is 0 Å². The van der Waals surface area contributed by atoms with Crippen LogP contribution in [0.4, 0.5) is 4.39 Å². The summed E-state index contributed by atoms with van der Waals surface area (Å²) in [6.45, 7) is 6.18. The highest BCUT2D eigenvalue weighted by atomic mass is 35.5. The van der Waals surface area contributed by atoms with Crippen LogP contribution in [-0.4, -0.2) is 25.8 Å². The maximum atomic E-state index is 14.3. The second-order valence-corrected chi connectivity index (χ2v) is 7.39. The van der Waals surface area contributed by atoms with E-state index in [1.165, 1.54) is 10.4 Å². The van der Waals surface area contributed by atoms with Crippen LogP contribution in [0.2, 0.25) is 5.02 Å². The molecule has 4 nitrogen and oxygen atoms in total. The third-order valence-electron chi connectivity index (χ3n) is 3.48. The third-order valence-corrected chi connectivity index (χ3v) is 5.64. The molecule has 0 radical (unpaired) electrons. The number of nitrogens with two attached hydrogens (primary N) is 1. The molecule has 0 aliphatic rings. The molecule has 1 unspecified atom stereocenters. The van der Waals surface area contributed by atoms with Crippen LogP contribution in [0.5, 0.6) is 0 Å². The number of halogens is 2. The highest BCUT2D eigenvalue weighted by Gasteiger charge is 2.28. The van der Waals surface area contributed by atoms with Crippen LogP contribution < -0.4 is 5.73 Å². The number of hydrogen-bond donors (Lipinski definition) is 1. The average molecular weight is 337 g/mol. The Bertz CT molecular complexity index is 593. The molecule has 0 aliphatic heterocycles. The molecule has 1 rings (SSSR count). The first-order valence-electron chi connectivity index (χ1n) is 6.96. The molecule has 0 saturated carbocycles. The summed E-state index contributed by atoms with van der Waals surface area (Å²) < 4.78 is 40.9. The topological polar surface area (TPSA) is 63.4 Å². The van der Waals surface area contributed by atoms with Crippen molar-refractivity contribution in [2.45, 2.75) is 38.6 Å². The molecular formula is C14H22ClFN2O2S. The van der Waals surface area contributed by atoms with Crippen LogP contribution >= 0.6 is 11.6 Å². The number of sulfonamides is 1. The van der Waals surface area contributed by atoms with Gasteiger partial charge in [-0.15, -0.1) is 0 Å². The van der Waals surface area contributed by atoms with Gasteiger partial charge in [-0.2, -0.15) is 4.31 Å². The Hall–Kier alpha value is -0.690. The quantitative estimate of drug-likeness (QED) is 0.832. The minimum atomic E-state index is -3.92. The van der Waals surface area contributed by atoms with Gasteiger partial charge in [-0.1, -0.05) is 38.8 Å². The van der Waals surface area contributed by atoms with Crippen molar-refractivity contribution in [2.75, 3.05) is 13.1 Å². The van der Waals surface area contributed by atoms with Gasteiger partial charge in [0.2, 0.25) is 10.0 Å². The molecule has 0 saturated heterocycles. The SMILES string of the molecule is CCC(C)CN(CC)S(=O)(=O)c1cc(Cl)cc(CN)c1F. The van der Waals surface area contributed by atoms with Crippen LogP contribution in [0.25, 0.3) is 0 Å². The molecule has 0 aromatic heterocycles. The van der Waals surface area contributed by atoms with Crippen LogP contribution in [0.1, 0.15) is 32.8 Å².